The maximum Gasteiger partial charge on any atom is 0.251 e. The molecule has 0 atom stereocenters. The highest BCUT2D eigenvalue weighted by Gasteiger charge is 2.07. The number of nitrogens with zero attached hydrogens (tertiary/aromatic N) is 1. The molecule has 1 heterocycles. The highest BCUT2D eigenvalue weighted by atomic mass is 16.1. The number of aromatic nitrogens is 2. The van der Waals surface area contributed by atoms with Gasteiger partial charge in [0.25, 0.3) is 5.91 Å². The van der Waals surface area contributed by atoms with Gasteiger partial charge in [-0.05, 0) is 61.7 Å². The van der Waals surface area contributed by atoms with Crippen molar-refractivity contribution in [1.29, 1.82) is 0 Å². The van der Waals surface area contributed by atoms with Gasteiger partial charge in [0.05, 0.1) is 11.0 Å². The lowest BCUT2D eigenvalue weighted by Gasteiger charge is -2.07. The molecule has 0 radical (unpaired) electrons. The van der Waals surface area contributed by atoms with Crippen LogP contribution in [0, 0.1) is 20.8 Å². The van der Waals surface area contributed by atoms with E-state index in [-0.39, 0.29) is 5.91 Å². The molecule has 0 aliphatic carbocycles. The van der Waals surface area contributed by atoms with Gasteiger partial charge in [0.1, 0.15) is 5.82 Å². The number of amides is 1. The number of fused-ring (bicyclic) bond motifs is 1. The van der Waals surface area contributed by atoms with Crippen LogP contribution in [0.5, 0.6) is 0 Å². The van der Waals surface area contributed by atoms with Crippen LogP contribution in [0.15, 0.2) is 36.4 Å². The topological polar surface area (TPSA) is 57.8 Å². The van der Waals surface area contributed by atoms with Crippen LogP contribution in [0.3, 0.4) is 0 Å². The molecule has 0 aliphatic rings. The number of H-pyrrole nitrogens is 1. The van der Waals surface area contributed by atoms with Gasteiger partial charge in [-0.2, -0.15) is 0 Å². The first-order valence-corrected chi connectivity index (χ1v) is 7.33. The van der Waals surface area contributed by atoms with Crippen LogP contribution in [0.25, 0.3) is 11.0 Å². The highest BCUT2D eigenvalue weighted by Crippen LogP contribution is 2.14. The molecule has 1 aromatic heterocycles. The number of aryl methyl sites for hydroxylation is 3. The van der Waals surface area contributed by atoms with Crippen LogP contribution < -0.4 is 5.32 Å². The summed E-state index contributed by atoms with van der Waals surface area (Å²) in [7, 11) is 0. The number of aromatic amines is 1. The fourth-order valence-electron chi connectivity index (χ4n) is 2.46. The molecule has 0 fully saturated rings. The number of carbonyl (C=O) groups is 1. The molecule has 0 bridgehead atoms. The Labute approximate surface area is 129 Å². The molecular formula is C18H19N3O. The molecule has 0 saturated heterocycles. The van der Waals surface area contributed by atoms with Gasteiger partial charge in [-0.1, -0.05) is 12.1 Å². The minimum absolute atomic E-state index is 0.0519. The third kappa shape index (κ3) is 2.86. The van der Waals surface area contributed by atoms with Gasteiger partial charge in [0.2, 0.25) is 0 Å². The molecule has 2 N–H and O–H groups in total. The predicted octanol–water partition coefficient (Wildman–Crippen LogP) is 3.42. The van der Waals surface area contributed by atoms with Gasteiger partial charge in [0.15, 0.2) is 0 Å². The molecule has 112 valence electrons. The molecule has 0 spiro atoms. The predicted molar refractivity (Wildman–Crippen MR) is 87.9 cm³/mol. The fraction of sp³-hybridized carbons (Fsp3) is 0.222. The number of benzene rings is 2. The molecular weight excluding hydrogens is 274 g/mol. The van der Waals surface area contributed by atoms with Crippen molar-refractivity contribution in [3.05, 3.63) is 64.5 Å². The van der Waals surface area contributed by atoms with E-state index in [9.17, 15) is 4.79 Å². The van der Waals surface area contributed by atoms with E-state index in [2.05, 4.69) is 15.3 Å². The average Bonchev–Trinajstić information content (AvgIpc) is 2.86. The standard InChI is InChI=1S/C18H19N3O/c1-11-4-6-15(8-12(11)2)18(22)19-10-14-5-7-16-17(9-14)21-13(3)20-16/h4-9H,10H2,1-3H3,(H,19,22)(H,20,21). The maximum absolute atomic E-state index is 12.2. The summed E-state index contributed by atoms with van der Waals surface area (Å²) >= 11 is 0. The summed E-state index contributed by atoms with van der Waals surface area (Å²) < 4.78 is 0. The Morgan fingerprint density at radius 3 is 2.68 bits per heavy atom. The third-order valence-electron chi connectivity index (χ3n) is 3.89. The molecule has 0 saturated carbocycles. The number of imidazole rings is 1. The summed E-state index contributed by atoms with van der Waals surface area (Å²) in [5, 5.41) is 2.96. The molecule has 0 unspecified atom stereocenters. The number of nitrogens with one attached hydrogen (secondary N) is 2. The van der Waals surface area contributed by atoms with Crippen LogP contribution in [0.2, 0.25) is 0 Å². The van der Waals surface area contributed by atoms with Gasteiger partial charge in [0, 0.05) is 12.1 Å². The Hall–Kier alpha value is -2.62. The largest absolute Gasteiger partial charge is 0.348 e. The van der Waals surface area contributed by atoms with Crippen molar-refractivity contribution in [2.75, 3.05) is 0 Å². The van der Waals surface area contributed by atoms with E-state index in [0.717, 1.165) is 28.0 Å². The van der Waals surface area contributed by atoms with Gasteiger partial charge in [-0.3, -0.25) is 4.79 Å². The lowest BCUT2D eigenvalue weighted by atomic mass is 10.1. The summed E-state index contributed by atoms with van der Waals surface area (Å²) in [6, 6.07) is 11.7. The smallest absolute Gasteiger partial charge is 0.251 e. The first kappa shape index (κ1) is 14.3. The lowest BCUT2D eigenvalue weighted by molar-refractivity contribution is 0.0951. The quantitative estimate of drug-likeness (QED) is 0.777. The second-order valence-electron chi connectivity index (χ2n) is 5.66. The Balaban J connectivity index is 1.72. The second-order valence-corrected chi connectivity index (χ2v) is 5.66. The van der Waals surface area contributed by atoms with E-state index in [1.807, 2.05) is 57.2 Å². The van der Waals surface area contributed by atoms with Crippen molar-refractivity contribution >= 4 is 16.9 Å². The molecule has 2 aromatic carbocycles. The van der Waals surface area contributed by atoms with Crippen molar-refractivity contribution in [2.45, 2.75) is 27.3 Å². The van der Waals surface area contributed by atoms with Crippen molar-refractivity contribution in [2.24, 2.45) is 0 Å². The van der Waals surface area contributed by atoms with Crippen molar-refractivity contribution in [1.82, 2.24) is 15.3 Å². The molecule has 1 amide bonds. The summed E-state index contributed by atoms with van der Waals surface area (Å²) in [5.41, 5.74) is 6.01. The number of hydrogen-bond donors (Lipinski definition) is 2. The Bertz CT molecular complexity index is 849. The average molecular weight is 293 g/mol. The Morgan fingerprint density at radius 1 is 1.09 bits per heavy atom. The first-order chi connectivity index (χ1) is 10.5. The fourth-order valence-corrected chi connectivity index (χ4v) is 2.46. The second kappa shape index (κ2) is 5.64. The summed E-state index contributed by atoms with van der Waals surface area (Å²) in [6.07, 6.45) is 0. The summed E-state index contributed by atoms with van der Waals surface area (Å²) in [4.78, 5) is 19.8. The maximum atomic E-state index is 12.2. The van der Waals surface area contributed by atoms with Crippen LogP contribution >= 0.6 is 0 Å². The number of carbonyl (C=O) groups excluding carboxylic acids is 1. The molecule has 3 aromatic rings. The molecule has 22 heavy (non-hydrogen) atoms. The minimum atomic E-state index is -0.0519. The van der Waals surface area contributed by atoms with E-state index in [0.29, 0.717) is 12.1 Å². The minimum Gasteiger partial charge on any atom is -0.348 e. The molecule has 4 heteroatoms. The molecule has 4 nitrogen and oxygen atoms in total. The first-order valence-electron chi connectivity index (χ1n) is 7.33. The van der Waals surface area contributed by atoms with Crippen LogP contribution in [-0.2, 0) is 6.54 Å². The highest BCUT2D eigenvalue weighted by molar-refractivity contribution is 5.94. The van der Waals surface area contributed by atoms with E-state index >= 15 is 0 Å². The van der Waals surface area contributed by atoms with Crippen LogP contribution in [0.4, 0.5) is 0 Å². The summed E-state index contributed by atoms with van der Waals surface area (Å²) in [6.45, 7) is 6.49. The number of hydrogen-bond acceptors (Lipinski definition) is 2. The van der Waals surface area contributed by atoms with Gasteiger partial charge < -0.3 is 10.3 Å². The SMILES string of the molecule is Cc1nc2ccc(CNC(=O)c3ccc(C)c(C)c3)cc2[nH]1. The van der Waals surface area contributed by atoms with Crippen molar-refractivity contribution in [3.8, 4) is 0 Å². The van der Waals surface area contributed by atoms with Crippen molar-refractivity contribution in [3.63, 3.8) is 0 Å². The van der Waals surface area contributed by atoms with Crippen LogP contribution in [-0.4, -0.2) is 15.9 Å². The van der Waals surface area contributed by atoms with E-state index in [4.69, 9.17) is 0 Å². The van der Waals surface area contributed by atoms with Gasteiger partial charge in [-0.25, -0.2) is 4.98 Å². The zero-order chi connectivity index (χ0) is 15.7. The third-order valence-corrected chi connectivity index (χ3v) is 3.89. The summed E-state index contributed by atoms with van der Waals surface area (Å²) in [5.74, 6) is 0.843. The molecule has 3 rings (SSSR count). The Kier molecular flexibility index (Phi) is 3.67. The van der Waals surface area contributed by atoms with E-state index in [1.165, 1.54) is 5.56 Å². The van der Waals surface area contributed by atoms with Crippen LogP contribution in [0.1, 0.15) is 32.9 Å². The monoisotopic (exact) mass is 293 g/mol. The van der Waals surface area contributed by atoms with Crippen molar-refractivity contribution < 1.29 is 4.79 Å². The Morgan fingerprint density at radius 2 is 1.91 bits per heavy atom. The molecule has 0 aliphatic heterocycles. The zero-order valence-electron chi connectivity index (χ0n) is 13.0. The zero-order valence-corrected chi connectivity index (χ0v) is 13.0. The lowest BCUT2D eigenvalue weighted by Crippen LogP contribution is -2.22. The van der Waals surface area contributed by atoms with E-state index < -0.39 is 0 Å². The number of rotatable bonds is 3. The van der Waals surface area contributed by atoms with Gasteiger partial charge >= 0.3 is 0 Å². The van der Waals surface area contributed by atoms with Gasteiger partial charge in [-0.15, -0.1) is 0 Å². The van der Waals surface area contributed by atoms with E-state index in [1.54, 1.807) is 0 Å². The normalized spacial score (nSPS) is 10.9.